The highest BCUT2D eigenvalue weighted by Gasteiger charge is 2.13. The van der Waals surface area contributed by atoms with Crippen molar-refractivity contribution in [1.82, 2.24) is 4.57 Å². The highest BCUT2D eigenvalue weighted by atomic mass is 127. The van der Waals surface area contributed by atoms with E-state index >= 15 is 0 Å². The molecular formula is C12H10INO2. The van der Waals surface area contributed by atoms with Crippen LogP contribution in [0.2, 0.25) is 0 Å². The summed E-state index contributed by atoms with van der Waals surface area (Å²) in [5, 5.41) is 9.11. The van der Waals surface area contributed by atoms with Gasteiger partial charge in [0.1, 0.15) is 5.69 Å². The molecule has 0 aliphatic heterocycles. The molecule has 1 aromatic carbocycles. The zero-order valence-corrected chi connectivity index (χ0v) is 10.8. The second-order valence-electron chi connectivity index (χ2n) is 3.51. The van der Waals surface area contributed by atoms with Crippen molar-refractivity contribution in [2.75, 3.05) is 0 Å². The third kappa shape index (κ3) is 1.97. The van der Waals surface area contributed by atoms with Crippen LogP contribution in [0.4, 0.5) is 0 Å². The fourth-order valence-electron chi connectivity index (χ4n) is 1.63. The van der Waals surface area contributed by atoms with Crippen molar-refractivity contribution in [3.8, 4) is 5.69 Å². The van der Waals surface area contributed by atoms with Gasteiger partial charge < -0.3 is 9.67 Å². The van der Waals surface area contributed by atoms with Crippen molar-refractivity contribution >= 4 is 28.6 Å². The van der Waals surface area contributed by atoms with Crippen molar-refractivity contribution in [2.24, 2.45) is 0 Å². The SMILES string of the molecule is Cc1ccccc1-n1cc(I)cc1C(=O)O. The molecule has 1 heterocycles. The van der Waals surface area contributed by atoms with Crippen LogP contribution in [-0.2, 0) is 0 Å². The van der Waals surface area contributed by atoms with Crippen molar-refractivity contribution in [3.63, 3.8) is 0 Å². The summed E-state index contributed by atoms with van der Waals surface area (Å²) in [7, 11) is 0. The predicted octanol–water partition coefficient (Wildman–Crippen LogP) is 3.09. The largest absolute Gasteiger partial charge is 0.477 e. The Labute approximate surface area is 107 Å². The van der Waals surface area contributed by atoms with E-state index in [1.165, 1.54) is 0 Å². The highest BCUT2D eigenvalue weighted by molar-refractivity contribution is 14.1. The molecule has 4 heteroatoms. The molecule has 0 radical (unpaired) electrons. The summed E-state index contributed by atoms with van der Waals surface area (Å²) < 4.78 is 2.62. The first-order chi connectivity index (χ1) is 7.59. The lowest BCUT2D eigenvalue weighted by Crippen LogP contribution is -2.06. The molecule has 0 unspecified atom stereocenters. The van der Waals surface area contributed by atoms with Gasteiger partial charge in [0.2, 0.25) is 0 Å². The molecule has 0 spiro atoms. The number of benzene rings is 1. The quantitative estimate of drug-likeness (QED) is 0.862. The van der Waals surface area contributed by atoms with Gasteiger partial charge in [-0.15, -0.1) is 0 Å². The lowest BCUT2D eigenvalue weighted by molar-refractivity contribution is 0.0688. The molecule has 0 amide bonds. The first-order valence-electron chi connectivity index (χ1n) is 4.77. The Bertz CT molecular complexity index is 546. The number of para-hydroxylation sites is 1. The molecule has 0 fully saturated rings. The lowest BCUT2D eigenvalue weighted by atomic mass is 10.2. The van der Waals surface area contributed by atoms with Gasteiger partial charge in [-0.1, -0.05) is 18.2 Å². The summed E-state index contributed by atoms with van der Waals surface area (Å²) in [5.74, 6) is -0.911. The summed E-state index contributed by atoms with van der Waals surface area (Å²) in [6, 6.07) is 9.38. The van der Waals surface area contributed by atoms with Crippen LogP contribution in [0.5, 0.6) is 0 Å². The molecule has 2 rings (SSSR count). The average Bonchev–Trinajstić information content (AvgIpc) is 2.61. The number of hydrogen-bond acceptors (Lipinski definition) is 1. The Morgan fingerprint density at radius 1 is 1.38 bits per heavy atom. The summed E-state index contributed by atoms with van der Waals surface area (Å²) in [5.41, 5.74) is 2.25. The molecule has 0 aliphatic carbocycles. The number of carboxylic acids is 1. The number of carbonyl (C=O) groups is 1. The van der Waals surface area contributed by atoms with Crippen LogP contribution in [-0.4, -0.2) is 15.6 Å². The van der Waals surface area contributed by atoms with Gasteiger partial charge >= 0.3 is 5.97 Å². The lowest BCUT2D eigenvalue weighted by Gasteiger charge is -2.08. The Morgan fingerprint density at radius 2 is 2.06 bits per heavy atom. The molecule has 16 heavy (non-hydrogen) atoms. The van der Waals surface area contributed by atoms with Gasteiger partial charge in [0.15, 0.2) is 0 Å². The molecule has 3 nitrogen and oxygen atoms in total. The number of aromatic nitrogens is 1. The molecule has 0 saturated heterocycles. The number of halogens is 1. The first-order valence-corrected chi connectivity index (χ1v) is 5.84. The van der Waals surface area contributed by atoms with Crippen LogP contribution in [0, 0.1) is 10.5 Å². The van der Waals surface area contributed by atoms with Crippen LogP contribution in [0.3, 0.4) is 0 Å². The smallest absolute Gasteiger partial charge is 0.352 e. The van der Waals surface area contributed by atoms with Crippen molar-refractivity contribution < 1.29 is 9.90 Å². The fraction of sp³-hybridized carbons (Fsp3) is 0.0833. The van der Waals surface area contributed by atoms with Gasteiger partial charge in [0.05, 0.1) is 0 Å². The zero-order valence-electron chi connectivity index (χ0n) is 8.64. The molecule has 0 bridgehead atoms. The zero-order chi connectivity index (χ0) is 11.7. The average molecular weight is 327 g/mol. The normalized spacial score (nSPS) is 10.4. The first kappa shape index (κ1) is 11.2. The van der Waals surface area contributed by atoms with Crippen LogP contribution in [0.1, 0.15) is 16.1 Å². The molecule has 0 saturated carbocycles. The van der Waals surface area contributed by atoms with Crippen LogP contribution in [0.15, 0.2) is 36.5 Å². The number of hydrogen-bond donors (Lipinski definition) is 1. The minimum Gasteiger partial charge on any atom is -0.477 e. The van der Waals surface area contributed by atoms with Crippen LogP contribution in [0.25, 0.3) is 5.69 Å². The van der Waals surface area contributed by atoms with E-state index in [2.05, 4.69) is 22.6 Å². The molecule has 2 aromatic rings. The van der Waals surface area contributed by atoms with E-state index in [0.29, 0.717) is 5.69 Å². The standard InChI is InChI=1S/C12H10INO2/c1-8-4-2-3-5-10(8)14-7-9(13)6-11(14)12(15)16/h2-7H,1H3,(H,15,16). The monoisotopic (exact) mass is 327 g/mol. The fourth-order valence-corrected chi connectivity index (χ4v) is 2.20. The number of carboxylic acid groups (broad SMARTS) is 1. The molecule has 0 atom stereocenters. The van der Waals surface area contributed by atoms with E-state index in [1.807, 2.05) is 37.4 Å². The van der Waals surface area contributed by atoms with E-state index in [-0.39, 0.29) is 0 Å². The third-order valence-corrected chi connectivity index (χ3v) is 2.97. The van der Waals surface area contributed by atoms with E-state index in [9.17, 15) is 4.79 Å². The van der Waals surface area contributed by atoms with E-state index in [4.69, 9.17) is 5.11 Å². The van der Waals surface area contributed by atoms with Gasteiger partial charge in [-0.25, -0.2) is 4.79 Å². The van der Waals surface area contributed by atoms with Crippen LogP contribution < -0.4 is 0 Å². The maximum atomic E-state index is 11.1. The van der Waals surface area contributed by atoms with Crippen molar-refractivity contribution in [2.45, 2.75) is 6.92 Å². The molecule has 0 aliphatic rings. The molecular weight excluding hydrogens is 317 g/mol. The second kappa shape index (κ2) is 4.29. The Morgan fingerprint density at radius 3 is 2.69 bits per heavy atom. The highest BCUT2D eigenvalue weighted by Crippen LogP contribution is 2.20. The van der Waals surface area contributed by atoms with Gasteiger partial charge in [0, 0.05) is 15.5 Å². The van der Waals surface area contributed by atoms with Gasteiger partial charge in [-0.2, -0.15) is 0 Å². The number of aryl methyl sites for hydroxylation is 1. The second-order valence-corrected chi connectivity index (χ2v) is 4.75. The maximum Gasteiger partial charge on any atom is 0.352 e. The third-order valence-electron chi connectivity index (χ3n) is 2.38. The maximum absolute atomic E-state index is 11.1. The summed E-state index contributed by atoms with van der Waals surface area (Å²) in [6.07, 6.45) is 1.83. The van der Waals surface area contributed by atoms with Gasteiger partial charge in [-0.3, -0.25) is 0 Å². The van der Waals surface area contributed by atoms with Crippen molar-refractivity contribution in [3.05, 3.63) is 51.4 Å². The summed E-state index contributed by atoms with van der Waals surface area (Å²) in [6.45, 7) is 1.97. The Balaban J connectivity index is 2.64. The number of aromatic carboxylic acids is 1. The van der Waals surface area contributed by atoms with Crippen molar-refractivity contribution in [1.29, 1.82) is 0 Å². The Hall–Kier alpha value is -1.30. The van der Waals surface area contributed by atoms with Gasteiger partial charge in [-0.05, 0) is 47.2 Å². The topological polar surface area (TPSA) is 42.2 Å². The molecule has 82 valence electrons. The summed E-state index contributed by atoms with van der Waals surface area (Å²) >= 11 is 2.11. The predicted molar refractivity (Wildman–Crippen MR) is 70.2 cm³/mol. The number of rotatable bonds is 2. The minimum atomic E-state index is -0.911. The van der Waals surface area contributed by atoms with E-state index in [0.717, 1.165) is 14.8 Å². The van der Waals surface area contributed by atoms with E-state index in [1.54, 1.807) is 10.6 Å². The minimum absolute atomic E-state index is 0.290. The van der Waals surface area contributed by atoms with Gasteiger partial charge in [0.25, 0.3) is 0 Å². The van der Waals surface area contributed by atoms with E-state index < -0.39 is 5.97 Å². The molecule has 1 N–H and O–H groups in total. The Kier molecular flexibility index (Phi) is 3.00. The molecule has 1 aromatic heterocycles. The summed E-state index contributed by atoms with van der Waals surface area (Å²) in [4.78, 5) is 11.1. The van der Waals surface area contributed by atoms with Crippen LogP contribution >= 0.6 is 22.6 Å². The number of nitrogens with zero attached hydrogens (tertiary/aromatic N) is 1.